The fourth-order valence-electron chi connectivity index (χ4n) is 1.96. The van der Waals surface area contributed by atoms with Crippen molar-refractivity contribution in [1.29, 1.82) is 0 Å². The average molecular weight is 252 g/mol. The van der Waals surface area contributed by atoms with E-state index >= 15 is 0 Å². The predicted molar refractivity (Wildman–Crippen MR) is 78.3 cm³/mol. The van der Waals surface area contributed by atoms with Gasteiger partial charge in [-0.2, -0.15) is 0 Å². The number of hydrogen-bond acceptors (Lipinski definition) is 2. The molecule has 0 spiro atoms. The van der Waals surface area contributed by atoms with Crippen molar-refractivity contribution >= 4 is 34.1 Å². The van der Waals surface area contributed by atoms with Gasteiger partial charge in [0, 0.05) is 9.23 Å². The number of aromatic hydroxyl groups is 1. The molecular formula is C16H12OS. The van der Waals surface area contributed by atoms with E-state index in [9.17, 15) is 5.11 Å². The standard InChI is InChI=1S/C16H12OS/c1-11-14-4-2-3-5-15(14)18-16(11)10-12-6-8-13(17)9-7-12/h2-10,17H,1H2. The Bertz CT molecular complexity index is 797. The summed E-state index contributed by atoms with van der Waals surface area (Å²) in [5.74, 6) is 0.290. The van der Waals surface area contributed by atoms with Crippen molar-refractivity contribution in [2.75, 3.05) is 0 Å². The Morgan fingerprint density at radius 1 is 1.00 bits per heavy atom. The van der Waals surface area contributed by atoms with Gasteiger partial charge in [-0.05, 0) is 40.4 Å². The maximum Gasteiger partial charge on any atom is 0.115 e. The highest BCUT2D eigenvalue weighted by Gasteiger charge is 1.98. The van der Waals surface area contributed by atoms with Gasteiger partial charge in [0.15, 0.2) is 0 Å². The van der Waals surface area contributed by atoms with Crippen molar-refractivity contribution in [3.8, 4) is 5.75 Å². The van der Waals surface area contributed by atoms with Gasteiger partial charge in [-0.1, -0.05) is 36.9 Å². The predicted octanol–water partition coefficient (Wildman–Crippen LogP) is 2.85. The average Bonchev–Trinajstić information content (AvgIpc) is 2.70. The van der Waals surface area contributed by atoms with E-state index in [0.29, 0.717) is 5.75 Å². The van der Waals surface area contributed by atoms with Gasteiger partial charge in [0.25, 0.3) is 0 Å². The van der Waals surface area contributed by atoms with Crippen LogP contribution < -0.4 is 9.75 Å². The van der Waals surface area contributed by atoms with Crippen molar-refractivity contribution in [2.45, 2.75) is 0 Å². The number of benzene rings is 2. The topological polar surface area (TPSA) is 20.2 Å². The molecule has 2 aromatic carbocycles. The van der Waals surface area contributed by atoms with Gasteiger partial charge in [-0.25, -0.2) is 0 Å². The van der Waals surface area contributed by atoms with E-state index < -0.39 is 0 Å². The number of phenols is 1. The Morgan fingerprint density at radius 3 is 2.44 bits per heavy atom. The minimum atomic E-state index is 0.290. The molecule has 2 heteroatoms. The zero-order valence-corrected chi connectivity index (χ0v) is 10.6. The molecule has 0 aliphatic carbocycles. The van der Waals surface area contributed by atoms with Crippen LogP contribution in [0.2, 0.25) is 0 Å². The molecule has 1 heterocycles. The summed E-state index contributed by atoms with van der Waals surface area (Å²) < 4.78 is 2.43. The first-order chi connectivity index (χ1) is 8.74. The molecule has 18 heavy (non-hydrogen) atoms. The molecule has 0 atom stereocenters. The van der Waals surface area contributed by atoms with Gasteiger partial charge < -0.3 is 5.11 Å². The van der Waals surface area contributed by atoms with Crippen LogP contribution in [0.5, 0.6) is 5.75 Å². The molecule has 0 bridgehead atoms. The fraction of sp³-hybridized carbons (Fsp3) is 0. The lowest BCUT2D eigenvalue weighted by Gasteiger charge is -1.92. The largest absolute Gasteiger partial charge is 0.508 e. The zero-order chi connectivity index (χ0) is 12.5. The van der Waals surface area contributed by atoms with E-state index in [1.807, 2.05) is 24.3 Å². The molecule has 1 N–H and O–H groups in total. The molecule has 0 aliphatic heterocycles. The molecule has 1 nitrogen and oxygen atoms in total. The van der Waals surface area contributed by atoms with E-state index in [0.717, 1.165) is 10.8 Å². The molecular weight excluding hydrogens is 240 g/mol. The highest BCUT2D eigenvalue weighted by molar-refractivity contribution is 7.17. The minimum Gasteiger partial charge on any atom is -0.508 e. The summed E-state index contributed by atoms with van der Waals surface area (Å²) >= 11 is 1.74. The second-order valence-electron chi connectivity index (χ2n) is 4.18. The Hall–Kier alpha value is -2.06. The van der Waals surface area contributed by atoms with E-state index in [-0.39, 0.29) is 0 Å². The maximum atomic E-state index is 9.27. The van der Waals surface area contributed by atoms with Crippen molar-refractivity contribution in [3.05, 3.63) is 63.8 Å². The summed E-state index contributed by atoms with van der Waals surface area (Å²) in [7, 11) is 0. The normalized spacial score (nSPS) is 12.1. The third-order valence-corrected chi connectivity index (χ3v) is 4.08. The summed E-state index contributed by atoms with van der Waals surface area (Å²) in [6.45, 7) is 4.15. The third kappa shape index (κ3) is 1.91. The van der Waals surface area contributed by atoms with Crippen molar-refractivity contribution in [2.24, 2.45) is 0 Å². The first-order valence-electron chi connectivity index (χ1n) is 5.71. The Labute approximate surface area is 109 Å². The summed E-state index contributed by atoms with van der Waals surface area (Å²) in [4.78, 5) is 0. The van der Waals surface area contributed by atoms with Crippen molar-refractivity contribution in [3.63, 3.8) is 0 Å². The van der Waals surface area contributed by atoms with Crippen molar-refractivity contribution < 1.29 is 5.11 Å². The van der Waals surface area contributed by atoms with Gasteiger partial charge in [0.1, 0.15) is 5.75 Å². The van der Waals surface area contributed by atoms with Crippen LogP contribution in [0.4, 0.5) is 0 Å². The van der Waals surface area contributed by atoms with Gasteiger partial charge in [0.05, 0.1) is 0 Å². The van der Waals surface area contributed by atoms with Crippen LogP contribution >= 0.6 is 11.3 Å². The number of phenolic OH excluding ortho intramolecular Hbond substituents is 1. The lowest BCUT2D eigenvalue weighted by Crippen LogP contribution is -2.16. The van der Waals surface area contributed by atoms with Crippen LogP contribution in [0, 0.1) is 0 Å². The van der Waals surface area contributed by atoms with E-state index in [2.05, 4.69) is 24.8 Å². The number of fused-ring (bicyclic) bond motifs is 1. The van der Waals surface area contributed by atoms with Crippen molar-refractivity contribution in [1.82, 2.24) is 0 Å². The molecule has 0 amide bonds. The number of thiophene rings is 1. The van der Waals surface area contributed by atoms with Gasteiger partial charge >= 0.3 is 0 Å². The minimum absolute atomic E-state index is 0.290. The van der Waals surface area contributed by atoms with Crippen LogP contribution in [0.3, 0.4) is 0 Å². The second kappa shape index (κ2) is 4.31. The fourth-order valence-corrected chi connectivity index (χ4v) is 3.07. The molecule has 88 valence electrons. The Balaban J connectivity index is 2.23. The molecule has 0 radical (unpaired) electrons. The summed E-state index contributed by atoms with van der Waals surface area (Å²) in [5, 5.41) is 11.6. The van der Waals surface area contributed by atoms with Crippen LogP contribution in [0.25, 0.3) is 22.7 Å². The van der Waals surface area contributed by atoms with Gasteiger partial charge in [-0.3, -0.25) is 0 Å². The molecule has 0 aliphatic rings. The molecule has 0 fully saturated rings. The monoisotopic (exact) mass is 252 g/mol. The molecule has 0 saturated carbocycles. The first-order valence-corrected chi connectivity index (χ1v) is 6.53. The van der Waals surface area contributed by atoms with E-state index in [1.54, 1.807) is 23.5 Å². The van der Waals surface area contributed by atoms with Crippen LogP contribution in [0.1, 0.15) is 5.56 Å². The quantitative estimate of drug-likeness (QED) is 0.706. The van der Waals surface area contributed by atoms with Crippen LogP contribution in [-0.2, 0) is 0 Å². The lowest BCUT2D eigenvalue weighted by atomic mass is 10.2. The lowest BCUT2D eigenvalue weighted by molar-refractivity contribution is 0.475. The van der Waals surface area contributed by atoms with Gasteiger partial charge in [-0.15, -0.1) is 11.3 Å². The third-order valence-electron chi connectivity index (χ3n) is 2.92. The van der Waals surface area contributed by atoms with E-state index in [1.165, 1.54) is 14.6 Å². The number of hydrogen-bond donors (Lipinski definition) is 1. The summed E-state index contributed by atoms with van der Waals surface area (Å²) in [6.07, 6.45) is 2.10. The van der Waals surface area contributed by atoms with Crippen LogP contribution in [-0.4, -0.2) is 5.11 Å². The SMILES string of the molecule is C=c1c(=Cc2ccc(O)cc2)sc2ccccc12. The maximum absolute atomic E-state index is 9.27. The van der Waals surface area contributed by atoms with Gasteiger partial charge in [0.2, 0.25) is 0 Å². The Morgan fingerprint density at radius 2 is 1.72 bits per heavy atom. The molecule has 0 unspecified atom stereocenters. The molecule has 3 aromatic rings. The summed E-state index contributed by atoms with van der Waals surface area (Å²) in [6, 6.07) is 15.5. The highest BCUT2D eigenvalue weighted by Crippen LogP contribution is 2.13. The Kier molecular flexibility index (Phi) is 2.65. The molecule has 3 rings (SSSR count). The smallest absolute Gasteiger partial charge is 0.115 e. The van der Waals surface area contributed by atoms with Crippen LogP contribution in [0.15, 0.2) is 48.5 Å². The molecule has 0 saturated heterocycles. The number of rotatable bonds is 1. The van der Waals surface area contributed by atoms with E-state index in [4.69, 9.17) is 0 Å². The highest BCUT2D eigenvalue weighted by atomic mass is 32.1. The summed E-state index contributed by atoms with van der Waals surface area (Å²) in [5.41, 5.74) is 1.07. The zero-order valence-electron chi connectivity index (χ0n) is 9.76. The first kappa shape index (κ1) is 11.1. The second-order valence-corrected chi connectivity index (χ2v) is 5.26. The molecule has 1 aromatic heterocycles.